The van der Waals surface area contributed by atoms with Gasteiger partial charge < -0.3 is 10.6 Å². The minimum Gasteiger partial charge on any atom is -0.340 e. The van der Waals surface area contributed by atoms with Crippen molar-refractivity contribution in [1.29, 1.82) is 0 Å². The molecule has 2 atom stereocenters. The molecule has 0 radical (unpaired) electrons. The predicted molar refractivity (Wildman–Crippen MR) is 105 cm³/mol. The summed E-state index contributed by atoms with van der Waals surface area (Å²) < 4.78 is 0. The van der Waals surface area contributed by atoms with Crippen LogP contribution in [0, 0.1) is 0 Å². The summed E-state index contributed by atoms with van der Waals surface area (Å²) in [4.78, 5) is 14.8. The second-order valence-corrected chi connectivity index (χ2v) is 7.41. The van der Waals surface area contributed by atoms with Crippen molar-refractivity contribution >= 4 is 18.3 Å². The van der Waals surface area contributed by atoms with E-state index in [1.807, 2.05) is 41.3 Å². The fourth-order valence-corrected chi connectivity index (χ4v) is 3.57. The summed E-state index contributed by atoms with van der Waals surface area (Å²) in [5, 5.41) is 0. The van der Waals surface area contributed by atoms with Crippen molar-refractivity contribution in [2.24, 2.45) is 5.73 Å². The van der Waals surface area contributed by atoms with Gasteiger partial charge in [-0.1, -0.05) is 74.5 Å². The molecule has 1 saturated heterocycles. The van der Waals surface area contributed by atoms with Gasteiger partial charge in [-0.2, -0.15) is 0 Å². The maximum absolute atomic E-state index is 12.8. The summed E-state index contributed by atoms with van der Waals surface area (Å²) >= 11 is 0. The molecule has 1 aliphatic rings. The van der Waals surface area contributed by atoms with Crippen molar-refractivity contribution in [2.45, 2.75) is 37.6 Å². The summed E-state index contributed by atoms with van der Waals surface area (Å²) in [5.41, 5.74) is 8.57. The van der Waals surface area contributed by atoms with E-state index in [0.717, 1.165) is 6.54 Å². The molecule has 134 valence electrons. The van der Waals surface area contributed by atoms with Crippen LogP contribution in [0.4, 0.5) is 0 Å². The molecule has 0 bridgehead atoms. The number of nitrogens with zero attached hydrogens (tertiary/aromatic N) is 1. The Kier molecular flexibility index (Phi) is 6.26. The summed E-state index contributed by atoms with van der Waals surface area (Å²) in [6.07, 6.45) is 0.505. The van der Waals surface area contributed by atoms with Gasteiger partial charge in [-0.05, 0) is 16.5 Å². The van der Waals surface area contributed by atoms with Crippen molar-refractivity contribution in [3.8, 4) is 0 Å². The third-order valence-electron chi connectivity index (χ3n) is 5.09. The average Bonchev–Trinajstić information content (AvgIpc) is 2.98. The lowest BCUT2D eigenvalue weighted by Gasteiger charge is -2.27. The fraction of sp³-hybridized carbons (Fsp3) is 0.381. The molecule has 0 spiro atoms. The van der Waals surface area contributed by atoms with Gasteiger partial charge in [0, 0.05) is 31.5 Å². The van der Waals surface area contributed by atoms with Crippen LogP contribution in [-0.2, 0) is 10.2 Å². The van der Waals surface area contributed by atoms with Crippen LogP contribution in [0.5, 0.6) is 0 Å². The van der Waals surface area contributed by atoms with Gasteiger partial charge >= 0.3 is 0 Å². The van der Waals surface area contributed by atoms with Crippen LogP contribution >= 0.6 is 12.4 Å². The first-order valence-electron chi connectivity index (χ1n) is 8.61. The Morgan fingerprint density at radius 1 is 1.04 bits per heavy atom. The second kappa shape index (κ2) is 8.03. The molecule has 2 aromatic rings. The van der Waals surface area contributed by atoms with Crippen molar-refractivity contribution < 1.29 is 4.79 Å². The van der Waals surface area contributed by atoms with Crippen molar-refractivity contribution in [3.63, 3.8) is 0 Å². The number of hydrogen-bond donors (Lipinski definition) is 1. The lowest BCUT2D eigenvalue weighted by Crippen LogP contribution is -2.35. The van der Waals surface area contributed by atoms with Gasteiger partial charge in [0.25, 0.3) is 0 Å². The minimum absolute atomic E-state index is 0. The number of amides is 1. The molecule has 0 saturated carbocycles. The van der Waals surface area contributed by atoms with Crippen LogP contribution in [0.2, 0.25) is 0 Å². The van der Waals surface area contributed by atoms with E-state index >= 15 is 0 Å². The number of benzene rings is 2. The highest BCUT2D eigenvalue weighted by Gasteiger charge is 2.35. The van der Waals surface area contributed by atoms with Gasteiger partial charge in [-0.25, -0.2) is 0 Å². The lowest BCUT2D eigenvalue weighted by molar-refractivity contribution is -0.131. The first-order chi connectivity index (χ1) is 11.5. The summed E-state index contributed by atoms with van der Waals surface area (Å²) in [6.45, 7) is 5.62. The normalized spacial score (nSPS) is 20.2. The highest BCUT2D eigenvalue weighted by Crippen LogP contribution is 2.31. The molecule has 0 aromatic heterocycles. The van der Waals surface area contributed by atoms with Crippen molar-refractivity contribution in [2.75, 3.05) is 13.1 Å². The van der Waals surface area contributed by atoms with Crippen LogP contribution in [0.1, 0.15) is 37.3 Å². The Morgan fingerprint density at radius 2 is 1.60 bits per heavy atom. The van der Waals surface area contributed by atoms with E-state index in [1.165, 1.54) is 11.1 Å². The van der Waals surface area contributed by atoms with Gasteiger partial charge in [0.1, 0.15) is 0 Å². The van der Waals surface area contributed by atoms with Crippen LogP contribution in [-0.4, -0.2) is 29.9 Å². The zero-order valence-electron chi connectivity index (χ0n) is 14.9. The minimum atomic E-state index is -0.173. The smallest absolute Gasteiger partial charge is 0.223 e. The van der Waals surface area contributed by atoms with E-state index in [1.54, 1.807) is 0 Å². The molecule has 0 aliphatic carbocycles. The van der Waals surface area contributed by atoms with E-state index in [9.17, 15) is 4.79 Å². The quantitative estimate of drug-likeness (QED) is 0.905. The van der Waals surface area contributed by atoms with Gasteiger partial charge in [0.05, 0.1) is 0 Å². The van der Waals surface area contributed by atoms with E-state index in [0.29, 0.717) is 13.0 Å². The molecule has 1 fully saturated rings. The maximum Gasteiger partial charge on any atom is 0.223 e. The highest BCUT2D eigenvalue weighted by molar-refractivity contribution is 5.85. The summed E-state index contributed by atoms with van der Waals surface area (Å²) in [5.74, 6) is 0.424. The van der Waals surface area contributed by atoms with Gasteiger partial charge in [-0.15, -0.1) is 12.4 Å². The van der Waals surface area contributed by atoms with E-state index in [-0.39, 0.29) is 35.7 Å². The number of carbonyl (C=O) groups is 1. The van der Waals surface area contributed by atoms with Gasteiger partial charge in [0.2, 0.25) is 5.91 Å². The maximum atomic E-state index is 12.8. The standard InChI is InChI=1S/C21H26N2O.ClH/c1-21(2,17-11-7-4-8-12-17)13-20(24)23-14-18(19(22)15-23)16-9-5-3-6-10-16;/h3-12,18-19H,13-15,22H2,1-2H3;1H/t18-,19+;/m0./s1. The first kappa shape index (κ1) is 19.5. The van der Waals surface area contributed by atoms with Crippen LogP contribution < -0.4 is 5.73 Å². The first-order valence-corrected chi connectivity index (χ1v) is 8.61. The Balaban J connectivity index is 0.00000225. The number of nitrogens with two attached hydrogens (primary N) is 1. The zero-order chi connectivity index (χ0) is 17.2. The predicted octanol–water partition coefficient (Wildman–Crippen LogP) is 3.73. The second-order valence-electron chi connectivity index (χ2n) is 7.41. The van der Waals surface area contributed by atoms with E-state index < -0.39 is 0 Å². The number of rotatable bonds is 4. The molecular weight excluding hydrogens is 332 g/mol. The molecule has 25 heavy (non-hydrogen) atoms. The van der Waals surface area contributed by atoms with E-state index in [4.69, 9.17) is 5.73 Å². The summed E-state index contributed by atoms with van der Waals surface area (Å²) in [6, 6.07) is 20.5. The lowest BCUT2D eigenvalue weighted by atomic mass is 9.81. The van der Waals surface area contributed by atoms with Crippen LogP contribution in [0.25, 0.3) is 0 Å². The van der Waals surface area contributed by atoms with E-state index in [2.05, 4.69) is 38.1 Å². The Morgan fingerprint density at radius 3 is 2.20 bits per heavy atom. The molecule has 1 amide bonds. The molecular formula is C21H27ClN2O. The molecule has 0 unspecified atom stereocenters. The van der Waals surface area contributed by atoms with Crippen molar-refractivity contribution in [3.05, 3.63) is 71.8 Å². The number of halogens is 1. The molecule has 1 aliphatic heterocycles. The molecule has 1 heterocycles. The Hall–Kier alpha value is -1.84. The molecule has 2 aromatic carbocycles. The highest BCUT2D eigenvalue weighted by atomic mass is 35.5. The third-order valence-corrected chi connectivity index (χ3v) is 5.09. The van der Waals surface area contributed by atoms with Crippen LogP contribution in [0.3, 0.4) is 0 Å². The Labute approximate surface area is 156 Å². The SMILES string of the molecule is CC(C)(CC(=O)N1C[C@@H](N)[C@H](c2ccccc2)C1)c1ccccc1.Cl. The largest absolute Gasteiger partial charge is 0.340 e. The topological polar surface area (TPSA) is 46.3 Å². The molecule has 3 rings (SSSR count). The van der Waals surface area contributed by atoms with Gasteiger partial charge in [-0.3, -0.25) is 4.79 Å². The van der Waals surface area contributed by atoms with Crippen molar-refractivity contribution in [1.82, 2.24) is 4.90 Å². The van der Waals surface area contributed by atoms with Gasteiger partial charge in [0.15, 0.2) is 0 Å². The monoisotopic (exact) mass is 358 g/mol. The third kappa shape index (κ3) is 4.42. The Bertz CT molecular complexity index is 688. The number of carbonyl (C=O) groups excluding carboxylic acids is 1. The number of likely N-dealkylation sites (tertiary alicyclic amines) is 1. The molecule has 4 heteroatoms. The average molecular weight is 359 g/mol. The summed E-state index contributed by atoms with van der Waals surface area (Å²) in [7, 11) is 0. The molecule has 3 nitrogen and oxygen atoms in total. The number of hydrogen-bond acceptors (Lipinski definition) is 2. The zero-order valence-corrected chi connectivity index (χ0v) is 15.7. The fourth-order valence-electron chi connectivity index (χ4n) is 3.57. The molecule has 2 N–H and O–H groups in total. The van der Waals surface area contributed by atoms with Crippen LogP contribution in [0.15, 0.2) is 60.7 Å².